The fraction of sp³-hybridized carbons (Fsp3) is 0.412. The number of nitrogens with zero attached hydrogens (tertiary/aromatic N) is 6. The van der Waals surface area contributed by atoms with E-state index in [1.807, 2.05) is 28.0 Å². The molecule has 0 spiro atoms. The summed E-state index contributed by atoms with van der Waals surface area (Å²) in [5.41, 5.74) is 2.44. The van der Waals surface area contributed by atoms with Gasteiger partial charge in [0.05, 0.1) is 30.4 Å². The van der Waals surface area contributed by atoms with E-state index >= 15 is 0 Å². The van der Waals surface area contributed by atoms with E-state index in [-0.39, 0.29) is 17.8 Å². The van der Waals surface area contributed by atoms with Gasteiger partial charge in [-0.1, -0.05) is 0 Å². The van der Waals surface area contributed by atoms with Gasteiger partial charge in [0.2, 0.25) is 0 Å². The summed E-state index contributed by atoms with van der Waals surface area (Å²) in [5.74, 6) is 0.352. The van der Waals surface area contributed by atoms with E-state index < -0.39 is 11.1 Å². The van der Waals surface area contributed by atoms with Crippen molar-refractivity contribution < 1.29 is 8.76 Å². The van der Waals surface area contributed by atoms with Crippen LogP contribution in [0.2, 0.25) is 0 Å². The van der Waals surface area contributed by atoms with Crippen LogP contribution in [0.5, 0.6) is 0 Å². The third kappa shape index (κ3) is 3.62. The molecule has 0 aromatic carbocycles. The van der Waals surface area contributed by atoms with E-state index in [2.05, 4.69) is 26.1 Å². The van der Waals surface area contributed by atoms with E-state index in [9.17, 15) is 9.47 Å². The molecule has 1 aliphatic rings. The number of likely N-dealkylation sites (tertiary alicyclic amines) is 1. The van der Waals surface area contributed by atoms with Crippen molar-refractivity contribution >= 4 is 22.1 Å². The zero-order valence-corrected chi connectivity index (χ0v) is 15.3. The van der Waals surface area contributed by atoms with Crippen molar-refractivity contribution in [1.29, 1.82) is 5.26 Å². The number of nitriles is 1. The third-order valence-corrected chi connectivity index (χ3v) is 5.60. The summed E-state index contributed by atoms with van der Waals surface area (Å²) < 4.78 is 22.0. The molecular formula is C17H19N7O2S. The maximum absolute atomic E-state index is 11.1. The lowest BCUT2D eigenvalue weighted by Crippen LogP contribution is -2.27. The summed E-state index contributed by atoms with van der Waals surface area (Å²) in [6, 6.07) is 4.10. The fourth-order valence-electron chi connectivity index (χ4n) is 3.76. The molecular weight excluding hydrogens is 366 g/mol. The van der Waals surface area contributed by atoms with Gasteiger partial charge in [-0.3, -0.25) is 9.58 Å². The molecule has 1 saturated heterocycles. The Kier molecular flexibility index (Phi) is 4.98. The summed E-state index contributed by atoms with van der Waals surface area (Å²) in [6.07, 6.45) is 8.23. The van der Waals surface area contributed by atoms with Gasteiger partial charge in [0.25, 0.3) is 0 Å². The smallest absolute Gasteiger partial charge is 0.167 e. The Bertz CT molecular complexity index is 1010. The topological polar surface area (TPSA) is 124 Å². The van der Waals surface area contributed by atoms with E-state index in [1.54, 1.807) is 6.20 Å². The Morgan fingerprint density at radius 2 is 2.37 bits per heavy atom. The van der Waals surface area contributed by atoms with Crippen LogP contribution in [-0.4, -0.2) is 57.4 Å². The minimum atomic E-state index is -1.84. The lowest BCUT2D eigenvalue weighted by atomic mass is 9.97. The lowest BCUT2D eigenvalue weighted by Gasteiger charge is -2.22. The van der Waals surface area contributed by atoms with Gasteiger partial charge >= 0.3 is 0 Å². The molecule has 1 aliphatic heterocycles. The number of H-pyrrole nitrogens is 1. The van der Waals surface area contributed by atoms with Crippen LogP contribution in [0.1, 0.15) is 18.9 Å². The van der Waals surface area contributed by atoms with Crippen molar-refractivity contribution in [1.82, 2.24) is 29.6 Å². The Labute approximate surface area is 158 Å². The van der Waals surface area contributed by atoms with Crippen molar-refractivity contribution in [2.75, 3.05) is 19.0 Å². The van der Waals surface area contributed by atoms with Gasteiger partial charge < -0.3 is 9.54 Å². The summed E-state index contributed by atoms with van der Waals surface area (Å²) in [6.45, 7) is 1.44. The van der Waals surface area contributed by atoms with Crippen molar-refractivity contribution in [3.05, 3.63) is 31.0 Å². The average molecular weight is 385 g/mol. The summed E-state index contributed by atoms with van der Waals surface area (Å²) in [5, 5.41) is 14.7. The van der Waals surface area contributed by atoms with Crippen molar-refractivity contribution in [2.24, 2.45) is 5.92 Å². The Balaban J connectivity index is 1.59. The Hall–Kier alpha value is -2.61. The number of hydrogen-bond donors (Lipinski definition) is 2. The first kappa shape index (κ1) is 17.8. The highest BCUT2D eigenvalue weighted by Gasteiger charge is 2.31. The van der Waals surface area contributed by atoms with Crippen LogP contribution in [0, 0.1) is 17.2 Å². The highest BCUT2D eigenvalue weighted by Crippen LogP contribution is 2.32. The molecule has 0 aliphatic carbocycles. The first-order valence-electron chi connectivity index (χ1n) is 8.65. The number of fused-ring (bicyclic) bond motifs is 1. The van der Waals surface area contributed by atoms with Crippen molar-refractivity contribution in [3.8, 4) is 17.3 Å². The standard InChI is InChI=1S/C17H19N7O2S/c18-4-1-15(12-3-6-23(8-12)11-27(25)26)24-9-13(7-22-24)16-14-2-5-19-17(14)21-10-20-16/h2,5,7,9-10,12,15H,1,3,6,8,11H2,(H,25,26)(H,19,20,21). The summed E-state index contributed by atoms with van der Waals surface area (Å²) >= 11 is -1.84. The molecule has 3 aromatic rings. The Morgan fingerprint density at radius 3 is 3.19 bits per heavy atom. The van der Waals surface area contributed by atoms with Crippen LogP contribution in [0.4, 0.5) is 0 Å². The normalized spacial score (nSPS) is 19.9. The monoisotopic (exact) mass is 385 g/mol. The molecule has 0 radical (unpaired) electrons. The van der Waals surface area contributed by atoms with E-state index in [1.165, 1.54) is 6.33 Å². The average Bonchev–Trinajstić information content (AvgIpc) is 3.39. The molecule has 27 heavy (non-hydrogen) atoms. The molecule has 10 heteroatoms. The first-order valence-corrected chi connectivity index (χ1v) is 9.92. The first-order chi connectivity index (χ1) is 13.2. The Morgan fingerprint density at radius 1 is 1.48 bits per heavy atom. The van der Waals surface area contributed by atoms with Gasteiger partial charge in [-0.2, -0.15) is 10.4 Å². The van der Waals surface area contributed by atoms with Crippen LogP contribution in [0.25, 0.3) is 22.3 Å². The molecule has 3 unspecified atom stereocenters. The number of rotatable bonds is 6. The van der Waals surface area contributed by atoms with Crippen LogP contribution < -0.4 is 0 Å². The maximum atomic E-state index is 11.1. The fourth-order valence-corrected chi connectivity index (χ4v) is 4.31. The van der Waals surface area contributed by atoms with E-state index in [0.717, 1.165) is 35.3 Å². The number of nitrogens with one attached hydrogen (secondary N) is 1. The van der Waals surface area contributed by atoms with E-state index in [0.29, 0.717) is 13.0 Å². The van der Waals surface area contributed by atoms with Crippen molar-refractivity contribution in [3.63, 3.8) is 0 Å². The quantitative estimate of drug-likeness (QED) is 0.620. The van der Waals surface area contributed by atoms with Gasteiger partial charge in [0, 0.05) is 29.9 Å². The molecule has 140 valence electrons. The van der Waals surface area contributed by atoms with Gasteiger partial charge in [0.1, 0.15) is 17.9 Å². The third-order valence-electron chi connectivity index (χ3n) is 5.02. The number of aromatic amines is 1. The molecule has 0 bridgehead atoms. The van der Waals surface area contributed by atoms with Crippen LogP contribution in [-0.2, 0) is 11.1 Å². The predicted octanol–water partition coefficient (Wildman–Crippen LogP) is 1.78. The maximum Gasteiger partial charge on any atom is 0.167 e. The SMILES string of the molecule is N#CCC(C1CCN(CS(=O)O)C1)n1cc(-c2ncnc3[nH]ccc23)cn1. The molecule has 0 saturated carbocycles. The van der Waals surface area contributed by atoms with Crippen LogP contribution in [0.15, 0.2) is 31.0 Å². The number of hydrogen-bond acceptors (Lipinski definition) is 6. The molecule has 0 amide bonds. The molecule has 4 rings (SSSR count). The second kappa shape index (κ2) is 7.56. The molecule has 4 heterocycles. The highest BCUT2D eigenvalue weighted by molar-refractivity contribution is 7.79. The largest absolute Gasteiger partial charge is 0.346 e. The van der Waals surface area contributed by atoms with Gasteiger partial charge in [-0.25, -0.2) is 14.2 Å². The van der Waals surface area contributed by atoms with Crippen LogP contribution >= 0.6 is 0 Å². The highest BCUT2D eigenvalue weighted by atomic mass is 32.2. The summed E-state index contributed by atoms with van der Waals surface area (Å²) in [4.78, 5) is 13.6. The van der Waals surface area contributed by atoms with Gasteiger partial charge in [-0.05, 0) is 24.9 Å². The van der Waals surface area contributed by atoms with Gasteiger partial charge in [-0.15, -0.1) is 0 Å². The zero-order valence-electron chi connectivity index (χ0n) is 14.5. The van der Waals surface area contributed by atoms with Crippen LogP contribution in [0.3, 0.4) is 0 Å². The minimum Gasteiger partial charge on any atom is -0.346 e. The van der Waals surface area contributed by atoms with Gasteiger partial charge in [0.15, 0.2) is 11.1 Å². The zero-order chi connectivity index (χ0) is 18.8. The minimum absolute atomic E-state index is 0.0792. The number of aromatic nitrogens is 5. The van der Waals surface area contributed by atoms with Crippen molar-refractivity contribution in [2.45, 2.75) is 18.9 Å². The second-order valence-electron chi connectivity index (χ2n) is 6.68. The summed E-state index contributed by atoms with van der Waals surface area (Å²) in [7, 11) is 0. The van der Waals surface area contributed by atoms with E-state index in [4.69, 9.17) is 4.55 Å². The molecule has 9 nitrogen and oxygen atoms in total. The lowest BCUT2D eigenvalue weighted by molar-refractivity contribution is 0.294. The second-order valence-corrected chi connectivity index (χ2v) is 7.58. The molecule has 1 fully saturated rings. The molecule has 3 aromatic heterocycles. The molecule has 3 atom stereocenters. The predicted molar refractivity (Wildman–Crippen MR) is 99.7 cm³/mol. The molecule has 2 N–H and O–H groups in total.